The molecule has 0 aromatic heterocycles. The van der Waals surface area contributed by atoms with E-state index in [9.17, 15) is 0 Å². The van der Waals surface area contributed by atoms with Crippen LogP contribution in [0.25, 0.3) is 0 Å². The molecule has 2 nitrogen and oxygen atoms in total. The highest BCUT2D eigenvalue weighted by Gasteiger charge is 1.97. The van der Waals surface area contributed by atoms with Crippen molar-refractivity contribution < 1.29 is 0 Å². The molecule has 0 aliphatic heterocycles. The average molecular weight is 178 g/mol. The van der Waals surface area contributed by atoms with Crippen molar-refractivity contribution in [3.63, 3.8) is 0 Å². The lowest BCUT2D eigenvalue weighted by Crippen LogP contribution is -2.08. The zero-order chi connectivity index (χ0) is 10.4. The molecule has 0 bridgehead atoms. The van der Waals surface area contributed by atoms with Crippen molar-refractivity contribution in [3.05, 3.63) is 48.4 Å². The summed E-state index contributed by atoms with van der Waals surface area (Å²) in [7, 11) is 3.67. The molecule has 0 atom stereocenters. The second-order valence-electron chi connectivity index (χ2n) is 2.81. The molecular weight excluding hydrogens is 160 g/mol. The minimum Gasteiger partial charge on any atom is -0.388 e. The average Bonchev–Trinajstić information content (AvgIpc) is 2.14. The second kappa shape index (κ2) is 5.25. The van der Waals surface area contributed by atoms with E-state index in [-0.39, 0.29) is 0 Å². The summed E-state index contributed by atoms with van der Waals surface area (Å²) in [6.07, 6.45) is 1.94. The Kier molecular flexibility index (Phi) is 4.67. The quantitative estimate of drug-likeness (QED) is 0.629. The van der Waals surface area contributed by atoms with Crippen LogP contribution in [-0.2, 0) is 0 Å². The Bertz CT molecular complexity index is 259. The topological polar surface area (TPSA) is 24.1 Å². The Morgan fingerprint density at radius 2 is 1.46 bits per heavy atom. The fraction of sp³-hybridized carbons (Fsp3) is 0.273. The Morgan fingerprint density at radius 1 is 1.00 bits per heavy atom. The van der Waals surface area contributed by atoms with Crippen LogP contribution < -0.4 is 10.6 Å². The van der Waals surface area contributed by atoms with Crippen LogP contribution in [0, 0.1) is 0 Å². The SMILES string of the molecule is C=C(/C=C(\C)C(=C)NC)C(=C)NC. The first-order valence-corrected chi connectivity index (χ1v) is 4.14. The predicted octanol–water partition coefficient (Wildman–Crippen LogP) is 1.96. The molecule has 0 saturated heterocycles. The van der Waals surface area contributed by atoms with Crippen molar-refractivity contribution in [2.45, 2.75) is 6.92 Å². The maximum atomic E-state index is 3.87. The van der Waals surface area contributed by atoms with Gasteiger partial charge in [0.15, 0.2) is 0 Å². The Balaban J connectivity index is 4.48. The summed E-state index contributed by atoms with van der Waals surface area (Å²) >= 11 is 0. The molecule has 0 spiro atoms. The van der Waals surface area contributed by atoms with E-state index < -0.39 is 0 Å². The minimum absolute atomic E-state index is 0.822. The molecular formula is C11H18N2. The van der Waals surface area contributed by atoms with E-state index in [4.69, 9.17) is 0 Å². The van der Waals surface area contributed by atoms with Gasteiger partial charge in [0.2, 0.25) is 0 Å². The molecule has 2 N–H and O–H groups in total. The van der Waals surface area contributed by atoms with Gasteiger partial charge < -0.3 is 10.6 Å². The zero-order valence-electron chi connectivity index (χ0n) is 8.70. The van der Waals surface area contributed by atoms with Gasteiger partial charge in [-0.25, -0.2) is 0 Å². The molecule has 0 unspecified atom stereocenters. The summed E-state index contributed by atoms with van der Waals surface area (Å²) in [5.74, 6) is 0. The molecule has 0 rings (SSSR count). The third-order valence-corrected chi connectivity index (χ3v) is 1.86. The van der Waals surface area contributed by atoms with Crippen LogP contribution in [0.5, 0.6) is 0 Å². The van der Waals surface area contributed by atoms with Crippen LogP contribution in [0.4, 0.5) is 0 Å². The highest BCUT2D eigenvalue weighted by Crippen LogP contribution is 2.10. The van der Waals surface area contributed by atoms with Gasteiger partial charge in [-0.1, -0.05) is 19.7 Å². The van der Waals surface area contributed by atoms with Crippen LogP contribution in [0.1, 0.15) is 6.92 Å². The molecule has 72 valence electrons. The third-order valence-electron chi connectivity index (χ3n) is 1.86. The van der Waals surface area contributed by atoms with Gasteiger partial charge in [-0.3, -0.25) is 0 Å². The van der Waals surface area contributed by atoms with E-state index in [2.05, 4.69) is 30.4 Å². The summed E-state index contributed by atoms with van der Waals surface area (Å²) in [5, 5.41) is 5.91. The second-order valence-corrected chi connectivity index (χ2v) is 2.81. The Hall–Kier alpha value is -1.44. The smallest absolute Gasteiger partial charge is 0.0332 e. The lowest BCUT2D eigenvalue weighted by atomic mass is 10.1. The molecule has 0 fully saturated rings. The van der Waals surface area contributed by atoms with Gasteiger partial charge in [-0.2, -0.15) is 0 Å². The number of rotatable bonds is 5. The number of nitrogens with one attached hydrogen (secondary N) is 2. The minimum atomic E-state index is 0.822. The van der Waals surface area contributed by atoms with Gasteiger partial charge in [-0.05, 0) is 24.1 Å². The fourth-order valence-corrected chi connectivity index (χ4v) is 0.793. The van der Waals surface area contributed by atoms with Crippen LogP contribution in [0.3, 0.4) is 0 Å². The molecule has 13 heavy (non-hydrogen) atoms. The first-order valence-electron chi connectivity index (χ1n) is 4.14. The number of allylic oxidation sites excluding steroid dienone is 2. The first-order chi connectivity index (χ1) is 6.02. The first kappa shape index (κ1) is 11.6. The molecule has 0 aromatic carbocycles. The van der Waals surface area contributed by atoms with Gasteiger partial charge >= 0.3 is 0 Å². The van der Waals surface area contributed by atoms with E-state index in [1.54, 1.807) is 0 Å². The third kappa shape index (κ3) is 3.65. The summed E-state index contributed by atoms with van der Waals surface area (Å²) in [5.41, 5.74) is 3.65. The fourth-order valence-electron chi connectivity index (χ4n) is 0.793. The lowest BCUT2D eigenvalue weighted by Gasteiger charge is -2.08. The highest BCUT2D eigenvalue weighted by atomic mass is 14.8. The molecule has 2 heteroatoms. The van der Waals surface area contributed by atoms with E-state index >= 15 is 0 Å². The van der Waals surface area contributed by atoms with Crippen molar-refractivity contribution in [3.8, 4) is 0 Å². The largest absolute Gasteiger partial charge is 0.388 e. The summed E-state index contributed by atoms with van der Waals surface area (Å²) in [6, 6.07) is 0. The standard InChI is InChI=1S/C11H18N2/c1-8(10(3)12-5)7-9(2)11(4)13-6/h7,12-13H,1,3-4H2,2,5-6H3/b9-7+. The molecule has 0 amide bonds. The van der Waals surface area contributed by atoms with Crippen molar-refractivity contribution >= 4 is 0 Å². The van der Waals surface area contributed by atoms with E-state index in [1.165, 1.54) is 0 Å². The van der Waals surface area contributed by atoms with Crippen molar-refractivity contribution in [2.75, 3.05) is 14.1 Å². The van der Waals surface area contributed by atoms with Gasteiger partial charge in [0.25, 0.3) is 0 Å². The summed E-state index contributed by atoms with van der Waals surface area (Å²) < 4.78 is 0. The Morgan fingerprint density at radius 3 is 1.85 bits per heavy atom. The van der Waals surface area contributed by atoms with Gasteiger partial charge in [0.1, 0.15) is 0 Å². The lowest BCUT2D eigenvalue weighted by molar-refractivity contribution is 0.996. The number of likely N-dealkylation sites (N-methyl/N-ethyl adjacent to an activating group) is 2. The van der Waals surface area contributed by atoms with Gasteiger partial charge in [-0.15, -0.1) is 0 Å². The van der Waals surface area contributed by atoms with E-state index in [0.717, 1.165) is 22.5 Å². The molecule has 0 saturated carbocycles. The summed E-state index contributed by atoms with van der Waals surface area (Å²) in [4.78, 5) is 0. The van der Waals surface area contributed by atoms with E-state index in [0.29, 0.717) is 0 Å². The van der Waals surface area contributed by atoms with Crippen molar-refractivity contribution in [2.24, 2.45) is 0 Å². The van der Waals surface area contributed by atoms with Crippen LogP contribution in [0.15, 0.2) is 48.4 Å². The zero-order valence-corrected chi connectivity index (χ0v) is 8.70. The maximum Gasteiger partial charge on any atom is 0.0332 e. The molecule has 0 heterocycles. The Labute approximate surface area is 80.7 Å². The normalized spacial score (nSPS) is 10.5. The van der Waals surface area contributed by atoms with Gasteiger partial charge in [0.05, 0.1) is 0 Å². The maximum absolute atomic E-state index is 3.87. The van der Waals surface area contributed by atoms with Crippen LogP contribution in [0.2, 0.25) is 0 Å². The highest BCUT2D eigenvalue weighted by molar-refractivity contribution is 5.40. The molecule has 0 aliphatic carbocycles. The van der Waals surface area contributed by atoms with Crippen LogP contribution >= 0.6 is 0 Å². The van der Waals surface area contributed by atoms with Crippen molar-refractivity contribution in [1.29, 1.82) is 0 Å². The van der Waals surface area contributed by atoms with Gasteiger partial charge in [0, 0.05) is 25.5 Å². The molecule has 0 radical (unpaired) electrons. The summed E-state index contributed by atoms with van der Waals surface area (Å²) in [6.45, 7) is 13.5. The van der Waals surface area contributed by atoms with E-state index in [1.807, 2.05) is 27.1 Å². The molecule has 0 aromatic rings. The number of hydrogen-bond donors (Lipinski definition) is 2. The monoisotopic (exact) mass is 178 g/mol. The molecule has 0 aliphatic rings. The number of hydrogen-bond acceptors (Lipinski definition) is 2. The van der Waals surface area contributed by atoms with Crippen LogP contribution in [-0.4, -0.2) is 14.1 Å². The van der Waals surface area contributed by atoms with Crippen molar-refractivity contribution in [1.82, 2.24) is 10.6 Å². The predicted molar refractivity (Wildman–Crippen MR) is 59.3 cm³/mol.